The van der Waals surface area contributed by atoms with Crippen molar-refractivity contribution in [1.29, 1.82) is 0 Å². The molecule has 5 nitrogen and oxygen atoms in total. The van der Waals surface area contributed by atoms with Crippen LogP contribution in [0.2, 0.25) is 0 Å². The number of rotatable bonds is 4. The molecule has 0 aliphatic heterocycles. The van der Waals surface area contributed by atoms with Crippen LogP contribution in [0.5, 0.6) is 0 Å². The lowest BCUT2D eigenvalue weighted by Gasteiger charge is -2.05. The van der Waals surface area contributed by atoms with E-state index in [-0.39, 0.29) is 25.2 Å². The lowest BCUT2D eigenvalue weighted by Crippen LogP contribution is -2.27. The molecule has 0 bridgehead atoms. The van der Waals surface area contributed by atoms with Gasteiger partial charge in [0, 0.05) is 6.04 Å². The van der Waals surface area contributed by atoms with Crippen molar-refractivity contribution in [3.63, 3.8) is 0 Å². The van der Waals surface area contributed by atoms with Gasteiger partial charge in [0.1, 0.15) is 0 Å². The van der Waals surface area contributed by atoms with Crippen molar-refractivity contribution in [1.82, 2.24) is 0 Å². The first-order chi connectivity index (χ1) is 5.06. The van der Waals surface area contributed by atoms with Crippen LogP contribution in [-0.4, -0.2) is 30.2 Å². The molecule has 1 atom stereocenters. The highest BCUT2D eigenvalue weighted by Crippen LogP contribution is 1.95. The van der Waals surface area contributed by atoms with Gasteiger partial charge in [-0.05, 0) is 0 Å². The summed E-state index contributed by atoms with van der Waals surface area (Å²) in [4.78, 5) is 20.6. The summed E-state index contributed by atoms with van der Waals surface area (Å²) in [7, 11) is 1.23. The second kappa shape index (κ2) is 6.87. The molecule has 0 saturated heterocycles. The maximum Gasteiger partial charge on any atom is 0.307 e. The molecule has 0 unspecified atom stereocenters. The number of carboxylic acids is 1. The fraction of sp³-hybridized carbons (Fsp3) is 0.667. The molecular weight excluding hydrogens is 186 g/mol. The zero-order valence-electron chi connectivity index (χ0n) is 6.65. The molecule has 0 fully saturated rings. The molecule has 3 N–H and O–H groups in total. The monoisotopic (exact) mass is 197 g/mol. The van der Waals surface area contributed by atoms with Gasteiger partial charge in [0.2, 0.25) is 0 Å². The Morgan fingerprint density at radius 3 is 2.33 bits per heavy atom. The number of nitrogens with two attached hydrogens (primary N) is 1. The number of carbonyl (C=O) groups is 2. The Labute approximate surface area is 76.3 Å². The summed E-state index contributed by atoms with van der Waals surface area (Å²) in [5, 5.41) is 8.24. The number of methoxy groups -OCH3 is 1. The summed E-state index contributed by atoms with van der Waals surface area (Å²) in [5.74, 6) is -1.50. The molecule has 72 valence electrons. The second-order valence-electron chi connectivity index (χ2n) is 2.14. The van der Waals surface area contributed by atoms with E-state index in [4.69, 9.17) is 10.8 Å². The van der Waals surface area contributed by atoms with Crippen LogP contribution in [-0.2, 0) is 14.3 Å². The zero-order valence-corrected chi connectivity index (χ0v) is 7.47. The highest BCUT2D eigenvalue weighted by atomic mass is 35.5. The van der Waals surface area contributed by atoms with E-state index in [0.717, 1.165) is 0 Å². The normalized spacial score (nSPS) is 11.2. The Balaban J connectivity index is 0. The molecule has 0 aromatic heterocycles. The van der Waals surface area contributed by atoms with Crippen LogP contribution in [0.25, 0.3) is 0 Å². The Hall–Kier alpha value is -0.810. The van der Waals surface area contributed by atoms with Crippen LogP contribution in [0.4, 0.5) is 0 Å². The van der Waals surface area contributed by atoms with E-state index in [9.17, 15) is 9.59 Å². The molecule has 0 aromatic carbocycles. The number of carboxylic acid groups (broad SMARTS) is 1. The van der Waals surface area contributed by atoms with Crippen molar-refractivity contribution in [2.24, 2.45) is 5.73 Å². The maximum absolute atomic E-state index is 10.5. The van der Waals surface area contributed by atoms with Crippen molar-refractivity contribution in [3.8, 4) is 0 Å². The highest BCUT2D eigenvalue weighted by Gasteiger charge is 2.12. The summed E-state index contributed by atoms with van der Waals surface area (Å²) in [6, 6.07) is -0.653. The first-order valence-corrected chi connectivity index (χ1v) is 3.10. The molecule has 0 saturated carbocycles. The smallest absolute Gasteiger partial charge is 0.307 e. The average molecular weight is 198 g/mol. The van der Waals surface area contributed by atoms with E-state index < -0.39 is 18.0 Å². The minimum Gasteiger partial charge on any atom is -0.481 e. The number of hydrogen-bond acceptors (Lipinski definition) is 4. The molecule has 0 radical (unpaired) electrons. The van der Waals surface area contributed by atoms with Gasteiger partial charge in [-0.25, -0.2) is 0 Å². The fourth-order valence-corrected chi connectivity index (χ4v) is 0.594. The Morgan fingerprint density at radius 2 is 2.00 bits per heavy atom. The van der Waals surface area contributed by atoms with Crippen LogP contribution in [0.1, 0.15) is 12.8 Å². The van der Waals surface area contributed by atoms with Crippen molar-refractivity contribution in [2.75, 3.05) is 7.11 Å². The first-order valence-electron chi connectivity index (χ1n) is 3.10. The standard InChI is InChI=1S/C6H11NO4.ClH/c1-11-6(10)3-4(7)2-5(8)9;/h4H,2-3,7H2,1H3,(H,8,9);1H/t4-;/m0./s1. The molecule has 0 amide bonds. The van der Waals surface area contributed by atoms with Gasteiger partial charge in [0.25, 0.3) is 0 Å². The molecule has 0 heterocycles. The molecule has 0 aliphatic rings. The SMILES string of the molecule is COC(=O)C[C@@H](N)CC(=O)O.Cl. The predicted molar refractivity (Wildman–Crippen MR) is 44.1 cm³/mol. The van der Waals surface area contributed by atoms with Crippen LogP contribution >= 0.6 is 12.4 Å². The third kappa shape index (κ3) is 7.30. The minimum absolute atomic E-state index is 0. The molecule has 0 aliphatic carbocycles. The van der Waals surface area contributed by atoms with Gasteiger partial charge in [0.05, 0.1) is 20.0 Å². The molecule has 0 spiro atoms. The highest BCUT2D eigenvalue weighted by molar-refractivity contribution is 5.85. The van der Waals surface area contributed by atoms with Gasteiger partial charge in [-0.2, -0.15) is 0 Å². The van der Waals surface area contributed by atoms with Crippen molar-refractivity contribution in [3.05, 3.63) is 0 Å². The third-order valence-electron chi connectivity index (χ3n) is 1.09. The van der Waals surface area contributed by atoms with Gasteiger partial charge in [0.15, 0.2) is 0 Å². The topological polar surface area (TPSA) is 89.6 Å². The Kier molecular flexibility index (Phi) is 7.88. The summed E-state index contributed by atoms with van der Waals surface area (Å²) in [5.41, 5.74) is 5.27. The van der Waals surface area contributed by atoms with E-state index in [1.54, 1.807) is 0 Å². The maximum atomic E-state index is 10.5. The van der Waals surface area contributed by atoms with E-state index in [0.29, 0.717) is 0 Å². The summed E-state index contributed by atoms with van der Waals surface area (Å²) >= 11 is 0. The number of esters is 1. The molecule has 0 aromatic rings. The summed E-state index contributed by atoms with van der Waals surface area (Å²) < 4.78 is 4.29. The lowest BCUT2D eigenvalue weighted by molar-refractivity contribution is -0.141. The average Bonchev–Trinajstić information content (AvgIpc) is 1.85. The van der Waals surface area contributed by atoms with Crippen LogP contribution in [0.15, 0.2) is 0 Å². The summed E-state index contributed by atoms with van der Waals surface area (Å²) in [6.07, 6.45) is -0.266. The first kappa shape index (κ1) is 13.8. The fourth-order valence-electron chi connectivity index (χ4n) is 0.594. The number of halogens is 1. The molecule has 12 heavy (non-hydrogen) atoms. The second-order valence-corrected chi connectivity index (χ2v) is 2.14. The van der Waals surface area contributed by atoms with Gasteiger partial charge in [-0.15, -0.1) is 12.4 Å². The van der Waals surface area contributed by atoms with E-state index in [1.165, 1.54) is 7.11 Å². The number of aliphatic carboxylic acids is 1. The largest absolute Gasteiger partial charge is 0.481 e. The Morgan fingerprint density at radius 1 is 1.50 bits per heavy atom. The van der Waals surface area contributed by atoms with Crippen molar-refractivity contribution < 1.29 is 19.4 Å². The van der Waals surface area contributed by atoms with Crippen LogP contribution in [0.3, 0.4) is 0 Å². The van der Waals surface area contributed by atoms with Crippen molar-refractivity contribution in [2.45, 2.75) is 18.9 Å². The molecule has 6 heteroatoms. The zero-order chi connectivity index (χ0) is 8.85. The van der Waals surface area contributed by atoms with E-state index in [2.05, 4.69) is 4.74 Å². The summed E-state index contributed by atoms with van der Waals surface area (Å²) in [6.45, 7) is 0. The van der Waals surface area contributed by atoms with Crippen LogP contribution in [0, 0.1) is 0 Å². The molecular formula is C6H12ClNO4. The number of hydrogen-bond donors (Lipinski definition) is 2. The van der Waals surface area contributed by atoms with Gasteiger partial charge in [-0.3, -0.25) is 9.59 Å². The predicted octanol–water partition coefficient (Wildman–Crippen LogP) is -0.227. The van der Waals surface area contributed by atoms with Gasteiger partial charge < -0.3 is 15.6 Å². The third-order valence-corrected chi connectivity index (χ3v) is 1.09. The van der Waals surface area contributed by atoms with Gasteiger partial charge >= 0.3 is 11.9 Å². The Bertz CT molecular complexity index is 162. The van der Waals surface area contributed by atoms with E-state index >= 15 is 0 Å². The lowest BCUT2D eigenvalue weighted by atomic mass is 10.1. The minimum atomic E-state index is -1.01. The quantitative estimate of drug-likeness (QED) is 0.608. The van der Waals surface area contributed by atoms with Crippen molar-refractivity contribution >= 4 is 24.3 Å². The van der Waals surface area contributed by atoms with E-state index in [1.807, 2.05) is 0 Å². The number of carbonyl (C=O) groups excluding carboxylic acids is 1. The van der Waals surface area contributed by atoms with Gasteiger partial charge in [-0.1, -0.05) is 0 Å². The van der Waals surface area contributed by atoms with Crippen LogP contribution < -0.4 is 5.73 Å². The number of ether oxygens (including phenoxy) is 1. The molecule has 0 rings (SSSR count).